The highest BCUT2D eigenvalue weighted by molar-refractivity contribution is 7.89. The van der Waals surface area contributed by atoms with Crippen LogP contribution in [0.2, 0.25) is 0 Å². The molecule has 3 aromatic rings. The van der Waals surface area contributed by atoms with Crippen molar-refractivity contribution in [2.24, 2.45) is 7.05 Å². The number of benzene rings is 2. The number of hydrogen-bond donors (Lipinski definition) is 1. The van der Waals surface area contributed by atoms with Gasteiger partial charge in [-0.1, -0.05) is 12.5 Å². The lowest BCUT2D eigenvalue weighted by Crippen LogP contribution is -2.35. The van der Waals surface area contributed by atoms with E-state index in [1.165, 1.54) is 0 Å². The molecule has 3 heterocycles. The minimum absolute atomic E-state index is 0.205. The van der Waals surface area contributed by atoms with Gasteiger partial charge in [0.2, 0.25) is 16.8 Å². The molecular weight excluding hydrogens is 430 g/mol. The number of rotatable bonds is 5. The van der Waals surface area contributed by atoms with E-state index >= 15 is 0 Å². The van der Waals surface area contributed by atoms with Crippen molar-refractivity contribution in [3.05, 3.63) is 53.7 Å². The van der Waals surface area contributed by atoms with Crippen molar-refractivity contribution in [1.29, 1.82) is 0 Å². The molecule has 1 saturated heterocycles. The first-order valence-corrected chi connectivity index (χ1v) is 12.1. The number of fused-ring (bicyclic) bond motifs is 2. The van der Waals surface area contributed by atoms with Crippen molar-refractivity contribution < 1.29 is 22.7 Å². The first-order valence-electron chi connectivity index (χ1n) is 10.7. The van der Waals surface area contributed by atoms with Gasteiger partial charge in [-0.25, -0.2) is 8.42 Å². The summed E-state index contributed by atoms with van der Waals surface area (Å²) in [5.41, 5.74) is 2.17. The molecule has 0 radical (unpaired) electrons. The number of hydrogen-bond acceptors (Lipinski definition) is 5. The first-order chi connectivity index (χ1) is 15.4. The van der Waals surface area contributed by atoms with Crippen molar-refractivity contribution in [3.63, 3.8) is 0 Å². The van der Waals surface area contributed by atoms with Gasteiger partial charge >= 0.3 is 0 Å². The van der Waals surface area contributed by atoms with E-state index in [0.717, 1.165) is 35.7 Å². The van der Waals surface area contributed by atoms with Crippen LogP contribution in [0.1, 0.15) is 35.3 Å². The number of carbonyl (C=O) groups excluding carboxylic acids is 1. The summed E-state index contributed by atoms with van der Waals surface area (Å²) in [6, 6.07) is 12.3. The van der Waals surface area contributed by atoms with Crippen molar-refractivity contribution in [2.75, 3.05) is 19.9 Å². The number of aryl methyl sites for hydroxylation is 1. The largest absolute Gasteiger partial charge is 0.454 e. The smallest absolute Gasteiger partial charge is 0.268 e. The Bertz CT molecular complexity index is 1290. The highest BCUT2D eigenvalue weighted by Gasteiger charge is 2.26. The number of sulfonamides is 1. The molecule has 1 aromatic heterocycles. The van der Waals surface area contributed by atoms with E-state index < -0.39 is 10.0 Å². The summed E-state index contributed by atoms with van der Waals surface area (Å²) in [4.78, 5) is 13.1. The number of ether oxygens (including phenoxy) is 2. The molecule has 0 unspecified atom stereocenters. The van der Waals surface area contributed by atoms with Crippen LogP contribution in [0.5, 0.6) is 11.5 Å². The topological polar surface area (TPSA) is 89.9 Å². The number of aromatic nitrogens is 1. The molecule has 1 amide bonds. The fourth-order valence-electron chi connectivity index (χ4n) is 4.28. The van der Waals surface area contributed by atoms with Crippen LogP contribution in [-0.2, 0) is 23.6 Å². The fourth-order valence-corrected chi connectivity index (χ4v) is 5.84. The zero-order valence-electron chi connectivity index (χ0n) is 17.8. The maximum absolute atomic E-state index is 13.0. The molecule has 5 rings (SSSR count). The van der Waals surface area contributed by atoms with Gasteiger partial charge < -0.3 is 19.4 Å². The molecular formula is C23H25N3O5S. The summed E-state index contributed by atoms with van der Waals surface area (Å²) in [6.45, 7) is 1.66. The van der Waals surface area contributed by atoms with Gasteiger partial charge in [-0.2, -0.15) is 4.31 Å². The summed E-state index contributed by atoms with van der Waals surface area (Å²) >= 11 is 0. The van der Waals surface area contributed by atoms with Gasteiger partial charge in [0, 0.05) is 37.6 Å². The second-order valence-electron chi connectivity index (χ2n) is 8.14. The average Bonchev–Trinajstić information content (AvgIpc) is 3.41. The summed E-state index contributed by atoms with van der Waals surface area (Å²) in [7, 11) is -1.73. The summed E-state index contributed by atoms with van der Waals surface area (Å²) in [5, 5.41) is 3.64. The van der Waals surface area contributed by atoms with Crippen molar-refractivity contribution >= 4 is 26.8 Å². The molecule has 2 aromatic carbocycles. The molecule has 8 nitrogen and oxygen atoms in total. The van der Waals surface area contributed by atoms with E-state index in [2.05, 4.69) is 5.32 Å². The Hall–Kier alpha value is -3.04. The first kappa shape index (κ1) is 20.8. The molecule has 0 aliphatic carbocycles. The van der Waals surface area contributed by atoms with Crippen LogP contribution >= 0.6 is 0 Å². The van der Waals surface area contributed by atoms with E-state index in [0.29, 0.717) is 36.8 Å². The Morgan fingerprint density at radius 3 is 2.59 bits per heavy atom. The van der Waals surface area contributed by atoms with Crippen LogP contribution in [0.3, 0.4) is 0 Å². The highest BCUT2D eigenvalue weighted by Crippen LogP contribution is 2.32. The Kier molecular flexibility index (Phi) is 5.30. The number of carbonyl (C=O) groups is 1. The quantitative estimate of drug-likeness (QED) is 0.639. The minimum Gasteiger partial charge on any atom is -0.454 e. The Morgan fingerprint density at radius 2 is 1.78 bits per heavy atom. The maximum atomic E-state index is 13.0. The van der Waals surface area contributed by atoms with Crippen molar-refractivity contribution in [2.45, 2.75) is 30.7 Å². The third-order valence-corrected chi connectivity index (χ3v) is 7.98. The predicted octanol–water partition coefficient (Wildman–Crippen LogP) is 3.01. The molecule has 1 N–H and O–H groups in total. The van der Waals surface area contributed by atoms with Gasteiger partial charge in [-0.15, -0.1) is 0 Å². The van der Waals surface area contributed by atoms with Crippen LogP contribution in [0.15, 0.2) is 47.4 Å². The van der Waals surface area contributed by atoms with Crippen molar-refractivity contribution in [1.82, 2.24) is 14.2 Å². The number of nitrogens with zero attached hydrogens (tertiary/aromatic N) is 2. The van der Waals surface area contributed by atoms with E-state index in [1.807, 2.05) is 18.2 Å². The second-order valence-corrected chi connectivity index (χ2v) is 10.1. The molecule has 0 saturated carbocycles. The Morgan fingerprint density at radius 1 is 1.00 bits per heavy atom. The zero-order valence-corrected chi connectivity index (χ0v) is 18.7. The molecule has 168 valence electrons. The molecule has 1 fully saturated rings. The number of amides is 1. The lowest BCUT2D eigenvalue weighted by molar-refractivity contribution is 0.0943. The van der Waals surface area contributed by atoms with Crippen molar-refractivity contribution in [3.8, 4) is 11.5 Å². The van der Waals surface area contributed by atoms with Crippen LogP contribution < -0.4 is 14.8 Å². The van der Waals surface area contributed by atoms with Crippen LogP contribution in [0.4, 0.5) is 0 Å². The predicted molar refractivity (Wildman–Crippen MR) is 119 cm³/mol. The van der Waals surface area contributed by atoms with Gasteiger partial charge in [-0.05, 0) is 54.8 Å². The monoisotopic (exact) mass is 455 g/mol. The van der Waals surface area contributed by atoms with E-state index in [9.17, 15) is 13.2 Å². The highest BCUT2D eigenvalue weighted by atomic mass is 32.2. The zero-order chi connectivity index (χ0) is 22.3. The summed E-state index contributed by atoms with van der Waals surface area (Å²) in [5.74, 6) is 1.13. The normalized spacial score (nSPS) is 16.4. The van der Waals surface area contributed by atoms with E-state index in [-0.39, 0.29) is 17.6 Å². The van der Waals surface area contributed by atoms with Crippen LogP contribution in [0, 0.1) is 0 Å². The molecule has 9 heteroatoms. The number of nitrogens with one attached hydrogen (secondary N) is 1. The second kappa shape index (κ2) is 8.14. The molecule has 2 aliphatic heterocycles. The fraction of sp³-hybridized carbons (Fsp3) is 0.348. The number of piperidine rings is 1. The third kappa shape index (κ3) is 3.71. The summed E-state index contributed by atoms with van der Waals surface area (Å²) in [6.07, 6.45) is 2.84. The molecule has 32 heavy (non-hydrogen) atoms. The Balaban J connectivity index is 1.36. The lowest BCUT2D eigenvalue weighted by atomic mass is 10.2. The van der Waals surface area contributed by atoms with Crippen LogP contribution in [-0.4, -0.2) is 43.1 Å². The van der Waals surface area contributed by atoms with E-state index in [1.54, 1.807) is 40.2 Å². The summed E-state index contributed by atoms with van der Waals surface area (Å²) < 4.78 is 40.1. The average molecular weight is 456 g/mol. The third-order valence-electron chi connectivity index (χ3n) is 6.09. The molecule has 0 spiro atoms. The maximum Gasteiger partial charge on any atom is 0.268 e. The van der Waals surface area contributed by atoms with Crippen LogP contribution in [0.25, 0.3) is 10.9 Å². The standard InChI is InChI=1S/C23H25N3O5S/c1-25-19-7-6-18(32(28,29)26-9-3-2-4-10-26)12-17(19)13-20(25)23(27)24-14-16-5-8-21-22(11-16)31-15-30-21/h5-8,11-13H,2-4,9-10,14-15H2,1H3,(H,24,27). The molecule has 0 atom stereocenters. The van der Waals surface area contributed by atoms with Gasteiger partial charge in [0.05, 0.1) is 4.90 Å². The Labute approximate surface area is 186 Å². The molecule has 0 bridgehead atoms. The lowest BCUT2D eigenvalue weighted by Gasteiger charge is -2.25. The molecule has 2 aliphatic rings. The van der Waals surface area contributed by atoms with Gasteiger partial charge in [0.1, 0.15) is 5.69 Å². The SMILES string of the molecule is Cn1c(C(=O)NCc2ccc3c(c2)OCO3)cc2cc(S(=O)(=O)N3CCCCC3)ccc21. The van der Waals surface area contributed by atoms with Gasteiger partial charge in [0.25, 0.3) is 5.91 Å². The van der Waals surface area contributed by atoms with E-state index in [4.69, 9.17) is 9.47 Å². The minimum atomic E-state index is -3.53. The van der Waals surface area contributed by atoms with Gasteiger partial charge in [0.15, 0.2) is 11.5 Å². The van der Waals surface area contributed by atoms with Gasteiger partial charge in [-0.3, -0.25) is 4.79 Å².